The highest BCUT2D eigenvalue weighted by molar-refractivity contribution is 5.77. The van der Waals surface area contributed by atoms with Crippen molar-refractivity contribution in [2.75, 3.05) is 13.2 Å². The maximum absolute atomic E-state index is 11.9. The Bertz CT molecular complexity index is 361. The lowest BCUT2D eigenvalue weighted by atomic mass is 9.68. The summed E-state index contributed by atoms with van der Waals surface area (Å²) in [7, 11) is 0. The third kappa shape index (κ3) is 5.24. The summed E-state index contributed by atoms with van der Waals surface area (Å²) in [5, 5.41) is 13.5. The lowest BCUT2D eigenvalue weighted by Crippen LogP contribution is -2.47. The quantitative estimate of drug-likeness (QED) is 0.820. The molecule has 0 unspecified atom stereocenters. The Morgan fingerprint density at radius 3 is 2.32 bits per heavy atom. The standard InChI is InChI=1S/C18H33NO3/c1-17(2,3)14-8-10-18(21,11-9-14)13-19-16(20)12-22-15-6-4-5-7-15/h14-15,21H,4-13H2,1-3H3,(H,19,20). The van der Waals surface area contributed by atoms with Gasteiger partial charge in [0.15, 0.2) is 0 Å². The number of rotatable bonds is 5. The van der Waals surface area contributed by atoms with Gasteiger partial charge in [0.25, 0.3) is 0 Å². The van der Waals surface area contributed by atoms with Crippen LogP contribution in [-0.4, -0.2) is 35.9 Å². The van der Waals surface area contributed by atoms with Crippen molar-refractivity contribution in [2.45, 2.75) is 83.8 Å². The van der Waals surface area contributed by atoms with Gasteiger partial charge in [-0.15, -0.1) is 0 Å². The molecule has 2 rings (SSSR count). The number of hydrogen-bond donors (Lipinski definition) is 2. The summed E-state index contributed by atoms with van der Waals surface area (Å²) >= 11 is 0. The first-order valence-electron chi connectivity index (χ1n) is 8.89. The molecule has 2 aliphatic carbocycles. The highest BCUT2D eigenvalue weighted by Crippen LogP contribution is 2.41. The van der Waals surface area contributed by atoms with Crippen molar-refractivity contribution in [2.24, 2.45) is 11.3 Å². The Morgan fingerprint density at radius 1 is 1.18 bits per heavy atom. The van der Waals surface area contributed by atoms with E-state index in [1.807, 2.05) is 0 Å². The fraction of sp³-hybridized carbons (Fsp3) is 0.944. The van der Waals surface area contributed by atoms with E-state index in [-0.39, 0.29) is 18.6 Å². The summed E-state index contributed by atoms with van der Waals surface area (Å²) in [6, 6.07) is 0. The number of carbonyl (C=O) groups excluding carboxylic acids is 1. The largest absolute Gasteiger partial charge is 0.388 e. The number of amides is 1. The van der Waals surface area contributed by atoms with Crippen LogP contribution in [0, 0.1) is 11.3 Å². The van der Waals surface area contributed by atoms with Gasteiger partial charge in [0.05, 0.1) is 11.7 Å². The summed E-state index contributed by atoms with van der Waals surface area (Å²) in [6.07, 6.45) is 8.45. The zero-order valence-corrected chi connectivity index (χ0v) is 14.5. The van der Waals surface area contributed by atoms with E-state index >= 15 is 0 Å². The van der Waals surface area contributed by atoms with Crippen molar-refractivity contribution in [3.63, 3.8) is 0 Å². The first-order valence-corrected chi connectivity index (χ1v) is 8.89. The van der Waals surface area contributed by atoms with E-state index < -0.39 is 5.60 Å². The van der Waals surface area contributed by atoms with Gasteiger partial charge in [-0.2, -0.15) is 0 Å². The second-order valence-corrected chi connectivity index (χ2v) is 8.36. The summed E-state index contributed by atoms with van der Waals surface area (Å²) in [6.45, 7) is 7.29. The number of ether oxygens (including phenoxy) is 1. The molecule has 4 nitrogen and oxygen atoms in total. The highest BCUT2D eigenvalue weighted by Gasteiger charge is 2.37. The van der Waals surface area contributed by atoms with Gasteiger partial charge in [-0.25, -0.2) is 0 Å². The highest BCUT2D eigenvalue weighted by atomic mass is 16.5. The molecule has 0 saturated heterocycles. The predicted octanol–water partition coefficient (Wildman–Crippen LogP) is 3.03. The van der Waals surface area contributed by atoms with E-state index in [2.05, 4.69) is 26.1 Å². The minimum atomic E-state index is -0.731. The van der Waals surface area contributed by atoms with Gasteiger partial charge in [0.1, 0.15) is 6.61 Å². The second-order valence-electron chi connectivity index (χ2n) is 8.36. The predicted molar refractivity (Wildman–Crippen MR) is 87.6 cm³/mol. The van der Waals surface area contributed by atoms with E-state index in [0.717, 1.165) is 38.5 Å². The zero-order valence-electron chi connectivity index (χ0n) is 14.5. The molecule has 0 aliphatic heterocycles. The van der Waals surface area contributed by atoms with E-state index in [1.165, 1.54) is 12.8 Å². The fourth-order valence-corrected chi connectivity index (χ4v) is 3.76. The molecule has 0 aromatic carbocycles. The molecule has 1 amide bonds. The van der Waals surface area contributed by atoms with Crippen molar-refractivity contribution in [3.05, 3.63) is 0 Å². The van der Waals surface area contributed by atoms with Crippen LogP contribution in [0.4, 0.5) is 0 Å². The summed E-state index contributed by atoms with van der Waals surface area (Å²) in [5.41, 5.74) is -0.426. The van der Waals surface area contributed by atoms with Crippen LogP contribution in [-0.2, 0) is 9.53 Å². The number of carbonyl (C=O) groups is 1. The molecule has 4 heteroatoms. The van der Waals surface area contributed by atoms with Crippen LogP contribution in [0.5, 0.6) is 0 Å². The molecule has 0 spiro atoms. The lowest BCUT2D eigenvalue weighted by Gasteiger charge is -2.41. The van der Waals surface area contributed by atoms with Gasteiger partial charge in [-0.3, -0.25) is 4.79 Å². The molecule has 0 radical (unpaired) electrons. The maximum atomic E-state index is 11.9. The van der Waals surface area contributed by atoms with Crippen LogP contribution in [0.15, 0.2) is 0 Å². The van der Waals surface area contributed by atoms with Gasteiger partial charge in [-0.05, 0) is 49.9 Å². The summed E-state index contributed by atoms with van der Waals surface area (Å²) in [4.78, 5) is 11.9. The minimum absolute atomic E-state index is 0.0988. The van der Waals surface area contributed by atoms with Crippen LogP contribution in [0.1, 0.15) is 72.1 Å². The average Bonchev–Trinajstić information content (AvgIpc) is 2.96. The maximum Gasteiger partial charge on any atom is 0.246 e. The molecule has 128 valence electrons. The summed E-state index contributed by atoms with van der Waals surface area (Å²) < 4.78 is 5.61. The molecule has 0 heterocycles. The smallest absolute Gasteiger partial charge is 0.246 e. The minimum Gasteiger partial charge on any atom is -0.388 e. The number of hydrogen-bond acceptors (Lipinski definition) is 3. The molecule has 0 aromatic rings. The second kappa shape index (κ2) is 7.31. The fourth-order valence-electron chi connectivity index (χ4n) is 3.76. The SMILES string of the molecule is CC(C)(C)C1CCC(O)(CNC(=O)COC2CCCC2)CC1. The molecular formula is C18H33NO3. The van der Waals surface area contributed by atoms with Crippen LogP contribution < -0.4 is 5.32 Å². The van der Waals surface area contributed by atoms with Crippen LogP contribution in [0.3, 0.4) is 0 Å². The summed E-state index contributed by atoms with van der Waals surface area (Å²) in [5.74, 6) is 0.562. The van der Waals surface area contributed by atoms with E-state index in [9.17, 15) is 9.90 Å². The van der Waals surface area contributed by atoms with Crippen molar-refractivity contribution >= 4 is 5.91 Å². The monoisotopic (exact) mass is 311 g/mol. The topological polar surface area (TPSA) is 58.6 Å². The van der Waals surface area contributed by atoms with Crippen molar-refractivity contribution in [3.8, 4) is 0 Å². The van der Waals surface area contributed by atoms with E-state index in [4.69, 9.17) is 4.74 Å². The Labute approximate surface area is 135 Å². The molecule has 22 heavy (non-hydrogen) atoms. The first kappa shape index (κ1) is 17.7. The van der Waals surface area contributed by atoms with Gasteiger partial charge >= 0.3 is 0 Å². The third-order valence-corrected chi connectivity index (χ3v) is 5.51. The molecule has 2 aliphatic rings. The normalized spacial score (nSPS) is 30.5. The molecule has 2 N–H and O–H groups in total. The molecule has 0 aromatic heterocycles. The number of nitrogens with one attached hydrogen (secondary N) is 1. The molecule has 0 atom stereocenters. The Morgan fingerprint density at radius 2 is 1.77 bits per heavy atom. The molecule has 2 fully saturated rings. The van der Waals surface area contributed by atoms with E-state index in [1.54, 1.807) is 0 Å². The first-order chi connectivity index (χ1) is 10.3. The van der Waals surface area contributed by atoms with Gasteiger partial charge in [-0.1, -0.05) is 33.6 Å². The molecule has 0 bridgehead atoms. The Hall–Kier alpha value is -0.610. The number of aliphatic hydroxyl groups is 1. The van der Waals surface area contributed by atoms with E-state index in [0.29, 0.717) is 17.9 Å². The van der Waals surface area contributed by atoms with Crippen molar-refractivity contribution in [1.82, 2.24) is 5.32 Å². The van der Waals surface area contributed by atoms with Gasteiger partial charge in [0, 0.05) is 6.54 Å². The molecular weight excluding hydrogens is 278 g/mol. The van der Waals surface area contributed by atoms with Gasteiger partial charge < -0.3 is 15.2 Å². The van der Waals surface area contributed by atoms with Crippen LogP contribution in [0.2, 0.25) is 0 Å². The lowest BCUT2D eigenvalue weighted by molar-refractivity contribution is -0.129. The van der Waals surface area contributed by atoms with Gasteiger partial charge in [0.2, 0.25) is 5.91 Å². The zero-order chi connectivity index (χ0) is 16.2. The Kier molecular flexibility index (Phi) is 5.89. The third-order valence-electron chi connectivity index (χ3n) is 5.51. The van der Waals surface area contributed by atoms with Crippen LogP contribution in [0.25, 0.3) is 0 Å². The van der Waals surface area contributed by atoms with Crippen molar-refractivity contribution < 1.29 is 14.6 Å². The molecule has 2 saturated carbocycles. The van der Waals surface area contributed by atoms with Crippen LogP contribution >= 0.6 is 0 Å². The van der Waals surface area contributed by atoms with Crippen molar-refractivity contribution in [1.29, 1.82) is 0 Å². The average molecular weight is 311 g/mol. The Balaban J connectivity index is 1.66.